The summed E-state index contributed by atoms with van der Waals surface area (Å²) in [7, 11) is 0. The maximum absolute atomic E-state index is 10.4. The summed E-state index contributed by atoms with van der Waals surface area (Å²) in [5, 5.41) is 12.1. The molecule has 15 heavy (non-hydrogen) atoms. The normalized spacial score (nSPS) is 20.9. The largest absolute Gasteiger partial charge is 0.481 e. The monoisotopic (exact) mass is 213 g/mol. The Morgan fingerprint density at radius 2 is 1.93 bits per heavy atom. The summed E-state index contributed by atoms with van der Waals surface area (Å²) in [6, 6.07) is 0.959. The van der Waals surface area contributed by atoms with Gasteiger partial charge in [0, 0.05) is 18.5 Å². The molecule has 1 aliphatic rings. The Morgan fingerprint density at radius 3 is 2.47 bits per heavy atom. The maximum atomic E-state index is 10.4. The Labute approximate surface area is 92.3 Å². The molecule has 3 nitrogen and oxygen atoms in total. The fraction of sp³-hybridized carbons (Fsp3) is 0.917. The van der Waals surface area contributed by atoms with E-state index in [1.807, 2.05) is 0 Å². The molecule has 1 saturated carbocycles. The lowest BCUT2D eigenvalue weighted by atomic mass is 10.1. The second kappa shape index (κ2) is 6.83. The van der Waals surface area contributed by atoms with Crippen molar-refractivity contribution in [1.29, 1.82) is 0 Å². The van der Waals surface area contributed by atoms with Gasteiger partial charge in [-0.2, -0.15) is 0 Å². The lowest BCUT2D eigenvalue weighted by Gasteiger charge is -2.21. The quantitative estimate of drug-likeness (QED) is 0.690. The highest BCUT2D eigenvalue weighted by Gasteiger charge is 2.14. The van der Waals surface area contributed by atoms with Crippen molar-refractivity contribution in [3.63, 3.8) is 0 Å². The summed E-state index contributed by atoms with van der Waals surface area (Å²) < 4.78 is 0. The molecule has 0 aromatic heterocycles. The molecule has 1 aliphatic carbocycles. The number of carboxylic acids is 1. The number of aliphatic carboxylic acids is 1. The van der Waals surface area contributed by atoms with Crippen LogP contribution < -0.4 is 5.32 Å². The summed E-state index contributed by atoms with van der Waals surface area (Å²) in [4.78, 5) is 10.4. The van der Waals surface area contributed by atoms with E-state index in [1.165, 1.54) is 38.5 Å². The minimum Gasteiger partial charge on any atom is -0.481 e. The third-order valence-electron chi connectivity index (χ3n) is 3.17. The fourth-order valence-electron chi connectivity index (χ4n) is 2.27. The van der Waals surface area contributed by atoms with Gasteiger partial charge in [0.15, 0.2) is 0 Å². The van der Waals surface area contributed by atoms with Gasteiger partial charge in [0.2, 0.25) is 0 Å². The molecule has 1 atom stereocenters. The van der Waals surface area contributed by atoms with E-state index in [0.29, 0.717) is 12.1 Å². The molecule has 1 fully saturated rings. The van der Waals surface area contributed by atoms with Crippen molar-refractivity contribution in [2.75, 3.05) is 0 Å². The van der Waals surface area contributed by atoms with Gasteiger partial charge < -0.3 is 10.4 Å². The molecule has 0 aliphatic heterocycles. The zero-order valence-corrected chi connectivity index (χ0v) is 9.67. The van der Waals surface area contributed by atoms with E-state index >= 15 is 0 Å². The standard InChI is InChI=1S/C12H23NO2/c1-10(8-9-12(14)15)13-11-6-4-2-3-5-7-11/h10-11,13H,2-9H2,1H3,(H,14,15). The van der Waals surface area contributed by atoms with Crippen molar-refractivity contribution in [2.24, 2.45) is 0 Å². The van der Waals surface area contributed by atoms with Gasteiger partial charge in [-0.3, -0.25) is 4.79 Å². The second-order valence-corrected chi connectivity index (χ2v) is 4.69. The van der Waals surface area contributed by atoms with Crippen LogP contribution in [0.5, 0.6) is 0 Å². The number of rotatable bonds is 5. The summed E-state index contributed by atoms with van der Waals surface area (Å²) >= 11 is 0. The lowest BCUT2D eigenvalue weighted by Crippen LogP contribution is -2.36. The second-order valence-electron chi connectivity index (χ2n) is 4.69. The van der Waals surface area contributed by atoms with Gasteiger partial charge in [-0.25, -0.2) is 0 Å². The Balaban J connectivity index is 2.17. The lowest BCUT2D eigenvalue weighted by molar-refractivity contribution is -0.137. The molecule has 0 saturated heterocycles. The molecule has 0 aromatic carbocycles. The zero-order valence-electron chi connectivity index (χ0n) is 9.67. The zero-order chi connectivity index (χ0) is 11.1. The van der Waals surface area contributed by atoms with Crippen molar-refractivity contribution in [3.8, 4) is 0 Å². The van der Waals surface area contributed by atoms with Crippen LogP contribution in [-0.4, -0.2) is 23.2 Å². The molecule has 0 spiro atoms. The van der Waals surface area contributed by atoms with Crippen LogP contribution in [-0.2, 0) is 4.79 Å². The summed E-state index contributed by atoms with van der Waals surface area (Å²) in [5.74, 6) is -0.690. The van der Waals surface area contributed by atoms with Gasteiger partial charge in [0.05, 0.1) is 0 Å². The number of nitrogens with one attached hydrogen (secondary N) is 1. The van der Waals surface area contributed by atoms with Crippen LogP contribution in [0.25, 0.3) is 0 Å². The summed E-state index contributed by atoms with van der Waals surface area (Å²) in [6.45, 7) is 2.09. The Morgan fingerprint density at radius 1 is 1.33 bits per heavy atom. The average molecular weight is 213 g/mol. The first-order valence-corrected chi connectivity index (χ1v) is 6.16. The third-order valence-corrected chi connectivity index (χ3v) is 3.17. The van der Waals surface area contributed by atoms with E-state index in [4.69, 9.17) is 5.11 Å². The third kappa shape index (κ3) is 5.78. The molecule has 0 radical (unpaired) electrons. The van der Waals surface area contributed by atoms with Gasteiger partial charge in [-0.1, -0.05) is 25.7 Å². The van der Waals surface area contributed by atoms with E-state index < -0.39 is 5.97 Å². The molecule has 3 heteroatoms. The van der Waals surface area contributed by atoms with Crippen molar-refractivity contribution in [3.05, 3.63) is 0 Å². The summed E-state index contributed by atoms with van der Waals surface area (Å²) in [6.07, 6.45) is 8.91. The van der Waals surface area contributed by atoms with Gasteiger partial charge in [-0.05, 0) is 26.2 Å². The Kier molecular flexibility index (Phi) is 5.69. The molecule has 0 aromatic rings. The van der Waals surface area contributed by atoms with Crippen LogP contribution in [0.2, 0.25) is 0 Å². The minimum atomic E-state index is -0.690. The minimum absolute atomic E-state index is 0.279. The van der Waals surface area contributed by atoms with E-state index in [0.717, 1.165) is 6.42 Å². The van der Waals surface area contributed by atoms with Crippen LogP contribution in [0.4, 0.5) is 0 Å². The van der Waals surface area contributed by atoms with Gasteiger partial charge in [0.1, 0.15) is 0 Å². The maximum Gasteiger partial charge on any atom is 0.303 e. The highest BCUT2D eigenvalue weighted by molar-refractivity contribution is 5.66. The highest BCUT2D eigenvalue weighted by atomic mass is 16.4. The topological polar surface area (TPSA) is 49.3 Å². The van der Waals surface area contributed by atoms with E-state index in [-0.39, 0.29) is 6.42 Å². The smallest absolute Gasteiger partial charge is 0.303 e. The van der Waals surface area contributed by atoms with E-state index in [1.54, 1.807) is 0 Å². The van der Waals surface area contributed by atoms with Gasteiger partial charge >= 0.3 is 5.97 Å². The predicted octanol–water partition coefficient (Wildman–Crippen LogP) is 2.55. The SMILES string of the molecule is CC(CCC(=O)O)NC1CCCCCC1. The summed E-state index contributed by atoms with van der Waals surface area (Å²) in [5.41, 5.74) is 0. The number of carboxylic acid groups (broad SMARTS) is 1. The molecule has 1 rings (SSSR count). The Hall–Kier alpha value is -0.570. The first-order valence-electron chi connectivity index (χ1n) is 6.16. The highest BCUT2D eigenvalue weighted by Crippen LogP contribution is 2.18. The molecule has 0 amide bonds. The number of hydrogen-bond donors (Lipinski definition) is 2. The average Bonchev–Trinajstić information content (AvgIpc) is 2.43. The van der Waals surface area contributed by atoms with Crippen molar-refractivity contribution in [2.45, 2.75) is 70.4 Å². The van der Waals surface area contributed by atoms with Crippen LogP contribution in [0.1, 0.15) is 58.3 Å². The predicted molar refractivity (Wildman–Crippen MR) is 61.0 cm³/mol. The molecular formula is C12H23NO2. The molecule has 88 valence electrons. The van der Waals surface area contributed by atoms with Crippen molar-refractivity contribution in [1.82, 2.24) is 5.32 Å². The first-order chi connectivity index (χ1) is 7.18. The first kappa shape index (κ1) is 12.5. The molecule has 2 N–H and O–H groups in total. The molecule has 1 unspecified atom stereocenters. The van der Waals surface area contributed by atoms with Crippen LogP contribution in [0, 0.1) is 0 Å². The van der Waals surface area contributed by atoms with Crippen LogP contribution in [0.3, 0.4) is 0 Å². The fourth-order valence-corrected chi connectivity index (χ4v) is 2.27. The van der Waals surface area contributed by atoms with E-state index in [2.05, 4.69) is 12.2 Å². The van der Waals surface area contributed by atoms with Crippen LogP contribution >= 0.6 is 0 Å². The van der Waals surface area contributed by atoms with Gasteiger partial charge in [0.25, 0.3) is 0 Å². The molecule has 0 bridgehead atoms. The Bertz CT molecular complexity index is 186. The van der Waals surface area contributed by atoms with Crippen LogP contribution in [0.15, 0.2) is 0 Å². The molecule has 0 heterocycles. The van der Waals surface area contributed by atoms with Gasteiger partial charge in [-0.15, -0.1) is 0 Å². The number of carbonyl (C=O) groups is 1. The van der Waals surface area contributed by atoms with E-state index in [9.17, 15) is 4.79 Å². The number of hydrogen-bond acceptors (Lipinski definition) is 2. The van der Waals surface area contributed by atoms with Crippen molar-refractivity contribution >= 4 is 5.97 Å². The van der Waals surface area contributed by atoms with Crippen molar-refractivity contribution < 1.29 is 9.90 Å². The molecular weight excluding hydrogens is 190 g/mol.